The van der Waals surface area contributed by atoms with E-state index in [9.17, 15) is 0 Å². The van der Waals surface area contributed by atoms with E-state index < -0.39 is 0 Å². The molecule has 2 aromatic heterocycles. The van der Waals surface area contributed by atoms with Gasteiger partial charge in [-0.3, -0.25) is 9.88 Å². The maximum atomic E-state index is 5.05. The largest absolute Gasteiger partial charge is 0.295 e. The third-order valence-corrected chi connectivity index (χ3v) is 8.09. The van der Waals surface area contributed by atoms with Crippen molar-refractivity contribution in [1.29, 1.82) is 0 Å². The topological polar surface area (TPSA) is 29.0 Å². The highest BCUT2D eigenvalue weighted by atomic mass is 15.2. The first kappa shape index (κ1) is 25.0. The van der Waals surface area contributed by atoms with Crippen LogP contribution in [0.4, 0.5) is 17.2 Å². The van der Waals surface area contributed by atoms with Crippen LogP contribution in [0.15, 0.2) is 164 Å². The third kappa shape index (κ3) is 4.39. The van der Waals surface area contributed by atoms with Crippen LogP contribution in [0, 0.1) is 0 Å². The van der Waals surface area contributed by atoms with Crippen LogP contribution < -0.4 is 4.90 Å². The van der Waals surface area contributed by atoms with Crippen molar-refractivity contribution in [3.05, 3.63) is 164 Å². The Hall–Kier alpha value is -5.80. The SMILES string of the molecule is c1ccc(N(c2ccc(-c3c4ccccc4c(-c4ccccn4)c4ccccc34)cc2)c2ccc3ccccc3n2)cc1. The molecule has 0 saturated carbocycles. The number of nitrogens with zero attached hydrogens (tertiary/aromatic N) is 3. The summed E-state index contributed by atoms with van der Waals surface area (Å²) in [5, 5.41) is 5.95. The van der Waals surface area contributed by atoms with Gasteiger partial charge in [0, 0.05) is 28.5 Å². The van der Waals surface area contributed by atoms with Gasteiger partial charge in [-0.1, -0.05) is 103 Å². The van der Waals surface area contributed by atoms with Crippen molar-refractivity contribution >= 4 is 49.6 Å². The average molecular weight is 550 g/mol. The quantitative estimate of drug-likeness (QED) is 0.200. The van der Waals surface area contributed by atoms with Crippen molar-refractivity contribution < 1.29 is 0 Å². The molecule has 0 aliphatic rings. The van der Waals surface area contributed by atoms with E-state index in [1.165, 1.54) is 38.2 Å². The molecule has 3 nitrogen and oxygen atoms in total. The molecule has 0 bridgehead atoms. The summed E-state index contributed by atoms with van der Waals surface area (Å²) in [6.07, 6.45) is 1.87. The molecule has 0 amide bonds. The number of fused-ring (bicyclic) bond motifs is 3. The summed E-state index contributed by atoms with van der Waals surface area (Å²) in [5.74, 6) is 0.883. The van der Waals surface area contributed by atoms with Gasteiger partial charge in [0.1, 0.15) is 5.82 Å². The number of hydrogen-bond acceptors (Lipinski definition) is 3. The van der Waals surface area contributed by atoms with Crippen LogP contribution >= 0.6 is 0 Å². The zero-order valence-electron chi connectivity index (χ0n) is 23.4. The fraction of sp³-hybridized carbons (Fsp3) is 0. The predicted octanol–water partition coefficient (Wildman–Crippen LogP) is 10.7. The Morgan fingerprint density at radius 1 is 0.419 bits per heavy atom. The van der Waals surface area contributed by atoms with Crippen molar-refractivity contribution in [2.24, 2.45) is 0 Å². The summed E-state index contributed by atoms with van der Waals surface area (Å²) in [4.78, 5) is 12.0. The number of anilines is 3. The second-order valence-corrected chi connectivity index (χ2v) is 10.6. The summed E-state index contributed by atoms with van der Waals surface area (Å²) < 4.78 is 0. The molecule has 0 spiro atoms. The van der Waals surface area contributed by atoms with Gasteiger partial charge in [-0.15, -0.1) is 0 Å². The minimum Gasteiger partial charge on any atom is -0.295 e. The summed E-state index contributed by atoms with van der Waals surface area (Å²) in [5.41, 5.74) is 7.65. The molecular formula is C40H27N3. The van der Waals surface area contributed by atoms with Gasteiger partial charge in [-0.05, 0) is 87.3 Å². The van der Waals surface area contributed by atoms with E-state index in [4.69, 9.17) is 9.97 Å². The van der Waals surface area contributed by atoms with E-state index in [-0.39, 0.29) is 0 Å². The van der Waals surface area contributed by atoms with Crippen LogP contribution in [0.3, 0.4) is 0 Å². The Labute approximate surface area is 250 Å². The second kappa shape index (κ2) is 10.6. The van der Waals surface area contributed by atoms with E-state index in [1.54, 1.807) is 0 Å². The molecule has 8 aromatic rings. The lowest BCUT2D eigenvalue weighted by Gasteiger charge is -2.25. The number of benzene rings is 6. The smallest absolute Gasteiger partial charge is 0.138 e. The molecular weight excluding hydrogens is 522 g/mol. The summed E-state index contributed by atoms with van der Waals surface area (Å²) in [6, 6.07) is 55.3. The third-order valence-electron chi connectivity index (χ3n) is 8.09. The van der Waals surface area contributed by atoms with E-state index in [0.717, 1.165) is 33.8 Å². The summed E-state index contributed by atoms with van der Waals surface area (Å²) in [6.45, 7) is 0. The van der Waals surface area contributed by atoms with Crippen LogP contribution in [-0.2, 0) is 0 Å². The van der Waals surface area contributed by atoms with Gasteiger partial charge in [0.2, 0.25) is 0 Å². The fourth-order valence-corrected chi connectivity index (χ4v) is 6.17. The highest BCUT2D eigenvalue weighted by molar-refractivity contribution is 6.21. The zero-order valence-corrected chi connectivity index (χ0v) is 23.4. The Morgan fingerprint density at radius 3 is 1.67 bits per heavy atom. The minimum absolute atomic E-state index is 0.883. The van der Waals surface area contributed by atoms with Crippen molar-refractivity contribution in [2.45, 2.75) is 0 Å². The summed E-state index contributed by atoms with van der Waals surface area (Å²) in [7, 11) is 0. The van der Waals surface area contributed by atoms with Crippen molar-refractivity contribution in [2.75, 3.05) is 4.90 Å². The lowest BCUT2D eigenvalue weighted by molar-refractivity contribution is 1.21. The molecule has 0 fully saturated rings. The second-order valence-electron chi connectivity index (χ2n) is 10.6. The molecule has 0 N–H and O–H groups in total. The number of rotatable bonds is 5. The Morgan fingerprint density at radius 2 is 1.00 bits per heavy atom. The van der Waals surface area contributed by atoms with Gasteiger partial charge in [-0.25, -0.2) is 4.98 Å². The van der Waals surface area contributed by atoms with Gasteiger partial charge >= 0.3 is 0 Å². The minimum atomic E-state index is 0.883. The lowest BCUT2D eigenvalue weighted by Crippen LogP contribution is -2.11. The number of para-hydroxylation sites is 2. The van der Waals surface area contributed by atoms with Crippen molar-refractivity contribution in [1.82, 2.24) is 9.97 Å². The number of pyridine rings is 2. The maximum absolute atomic E-state index is 5.05. The Kier molecular flexibility index (Phi) is 6.12. The lowest BCUT2D eigenvalue weighted by atomic mass is 9.87. The molecule has 43 heavy (non-hydrogen) atoms. The molecule has 0 aliphatic heterocycles. The zero-order chi connectivity index (χ0) is 28.6. The van der Waals surface area contributed by atoms with Crippen molar-refractivity contribution in [3.8, 4) is 22.4 Å². The Balaban J connectivity index is 1.31. The molecule has 2 heterocycles. The fourth-order valence-electron chi connectivity index (χ4n) is 6.17. The molecule has 0 aliphatic carbocycles. The van der Waals surface area contributed by atoms with Gasteiger partial charge < -0.3 is 0 Å². The van der Waals surface area contributed by atoms with E-state index in [1.807, 2.05) is 30.5 Å². The number of aromatic nitrogens is 2. The molecule has 8 rings (SSSR count). The van der Waals surface area contributed by atoms with Gasteiger partial charge in [0.05, 0.1) is 11.2 Å². The van der Waals surface area contributed by atoms with Crippen LogP contribution in [0.25, 0.3) is 54.8 Å². The molecule has 6 aromatic carbocycles. The predicted molar refractivity (Wildman–Crippen MR) is 180 cm³/mol. The van der Waals surface area contributed by atoms with Gasteiger partial charge in [0.25, 0.3) is 0 Å². The highest BCUT2D eigenvalue weighted by Gasteiger charge is 2.18. The molecule has 0 atom stereocenters. The first-order valence-electron chi connectivity index (χ1n) is 14.5. The molecule has 0 radical (unpaired) electrons. The van der Waals surface area contributed by atoms with Gasteiger partial charge in [-0.2, -0.15) is 0 Å². The molecule has 202 valence electrons. The van der Waals surface area contributed by atoms with Gasteiger partial charge in [0.15, 0.2) is 0 Å². The van der Waals surface area contributed by atoms with Crippen LogP contribution in [-0.4, -0.2) is 9.97 Å². The molecule has 0 saturated heterocycles. The normalized spacial score (nSPS) is 11.3. The average Bonchev–Trinajstić information content (AvgIpc) is 3.08. The van der Waals surface area contributed by atoms with E-state index in [0.29, 0.717) is 0 Å². The first-order chi connectivity index (χ1) is 21.3. The number of hydrogen-bond donors (Lipinski definition) is 0. The Bertz CT molecular complexity index is 2170. The first-order valence-corrected chi connectivity index (χ1v) is 14.5. The maximum Gasteiger partial charge on any atom is 0.138 e. The molecule has 3 heteroatoms. The highest BCUT2D eigenvalue weighted by Crippen LogP contribution is 2.44. The monoisotopic (exact) mass is 549 g/mol. The standard InChI is InChI=1S/C40H27N3/c1-2-13-30(14-3-1)43(38-26-23-28-12-4-9-19-36(28)42-38)31-24-21-29(22-25-31)39-32-15-5-7-17-34(32)40(37-20-10-11-27-41-37)35-18-8-6-16-33(35)39/h1-27H. The van der Waals surface area contributed by atoms with Crippen LogP contribution in [0.1, 0.15) is 0 Å². The summed E-state index contributed by atoms with van der Waals surface area (Å²) >= 11 is 0. The van der Waals surface area contributed by atoms with E-state index in [2.05, 4.69) is 138 Å². The van der Waals surface area contributed by atoms with Crippen LogP contribution in [0.2, 0.25) is 0 Å². The van der Waals surface area contributed by atoms with Crippen molar-refractivity contribution in [3.63, 3.8) is 0 Å². The van der Waals surface area contributed by atoms with E-state index >= 15 is 0 Å². The molecule has 0 unspecified atom stereocenters. The van der Waals surface area contributed by atoms with Crippen LogP contribution in [0.5, 0.6) is 0 Å².